The second kappa shape index (κ2) is 6.84. The molecule has 0 aliphatic heterocycles. The third-order valence-electron chi connectivity index (χ3n) is 3.83. The van der Waals surface area contributed by atoms with Crippen molar-refractivity contribution in [3.8, 4) is 0 Å². The summed E-state index contributed by atoms with van der Waals surface area (Å²) in [4.78, 5) is 11.3. The van der Waals surface area contributed by atoms with Crippen LogP contribution in [0.5, 0.6) is 0 Å². The van der Waals surface area contributed by atoms with Gasteiger partial charge in [-0.2, -0.15) is 0 Å². The molecule has 8 heteroatoms. The van der Waals surface area contributed by atoms with Crippen LogP contribution in [0.4, 0.5) is 0 Å². The number of aliphatic carboxylic acids is 1. The van der Waals surface area contributed by atoms with Crippen molar-refractivity contribution >= 4 is 38.9 Å². The number of sulfonamides is 1. The normalized spacial score (nSPS) is 16.0. The van der Waals surface area contributed by atoms with Crippen LogP contribution < -0.4 is 4.72 Å². The highest BCUT2D eigenvalue weighted by molar-refractivity contribution is 7.91. The molecule has 1 aliphatic rings. The van der Waals surface area contributed by atoms with Crippen LogP contribution in [0.2, 0.25) is 5.02 Å². The lowest BCUT2D eigenvalue weighted by Crippen LogP contribution is -2.29. The Hall–Kier alpha value is -1.41. The first kappa shape index (κ1) is 17.4. The van der Waals surface area contributed by atoms with E-state index in [-0.39, 0.29) is 22.6 Å². The largest absolute Gasteiger partial charge is 0.481 e. The minimum Gasteiger partial charge on any atom is -0.481 e. The van der Waals surface area contributed by atoms with E-state index < -0.39 is 16.0 Å². The molecule has 1 heterocycles. The molecule has 5 nitrogen and oxygen atoms in total. The lowest BCUT2D eigenvalue weighted by molar-refractivity contribution is -0.136. The van der Waals surface area contributed by atoms with Crippen molar-refractivity contribution in [2.75, 3.05) is 0 Å². The summed E-state index contributed by atoms with van der Waals surface area (Å²) in [6, 6.07) is 9.86. The number of benzene rings is 1. The quantitative estimate of drug-likeness (QED) is 0.764. The molecule has 24 heavy (non-hydrogen) atoms. The molecule has 0 spiro atoms. The Morgan fingerprint density at radius 1 is 1.25 bits per heavy atom. The van der Waals surface area contributed by atoms with Gasteiger partial charge in [0.2, 0.25) is 0 Å². The van der Waals surface area contributed by atoms with E-state index in [4.69, 9.17) is 16.7 Å². The van der Waals surface area contributed by atoms with Crippen LogP contribution in [0.3, 0.4) is 0 Å². The third-order valence-corrected chi connectivity index (χ3v) is 7.10. The molecule has 0 amide bonds. The van der Waals surface area contributed by atoms with E-state index in [1.54, 1.807) is 18.2 Å². The van der Waals surface area contributed by atoms with Crippen molar-refractivity contribution in [3.63, 3.8) is 0 Å². The summed E-state index contributed by atoms with van der Waals surface area (Å²) in [6.07, 6.45) is 1.78. The molecule has 1 unspecified atom stereocenters. The van der Waals surface area contributed by atoms with Gasteiger partial charge in [0, 0.05) is 15.9 Å². The second-order valence-corrected chi connectivity index (χ2v) is 9.32. The van der Waals surface area contributed by atoms with E-state index in [2.05, 4.69) is 4.72 Å². The van der Waals surface area contributed by atoms with Crippen LogP contribution in [-0.2, 0) is 21.2 Å². The van der Waals surface area contributed by atoms with Crippen molar-refractivity contribution < 1.29 is 18.3 Å². The molecule has 1 aliphatic carbocycles. The van der Waals surface area contributed by atoms with Crippen molar-refractivity contribution in [1.29, 1.82) is 0 Å². The fourth-order valence-electron chi connectivity index (χ4n) is 2.51. The summed E-state index contributed by atoms with van der Waals surface area (Å²) in [5.74, 6) is -0.704. The smallest absolute Gasteiger partial charge is 0.308 e. The fourth-order valence-corrected chi connectivity index (χ4v) is 5.29. The molecule has 3 rings (SSSR count). The molecule has 128 valence electrons. The summed E-state index contributed by atoms with van der Waals surface area (Å²) in [6.45, 7) is 0. The molecule has 2 N–H and O–H groups in total. The van der Waals surface area contributed by atoms with Gasteiger partial charge in [-0.1, -0.05) is 23.7 Å². The highest BCUT2D eigenvalue weighted by Gasteiger charge is 2.35. The number of nitrogens with one attached hydrogen (secondary N) is 1. The van der Waals surface area contributed by atoms with Gasteiger partial charge in [-0.3, -0.25) is 4.79 Å². The zero-order valence-electron chi connectivity index (χ0n) is 12.6. The minimum absolute atomic E-state index is 0.137. The van der Waals surface area contributed by atoms with Gasteiger partial charge in [-0.25, -0.2) is 13.1 Å². The highest BCUT2D eigenvalue weighted by Crippen LogP contribution is 2.42. The molecule has 1 fully saturated rings. The number of carbonyl (C=O) groups is 1. The van der Waals surface area contributed by atoms with Crippen LogP contribution in [0.1, 0.15) is 29.3 Å². The lowest BCUT2D eigenvalue weighted by atomic mass is 10.0. The van der Waals surface area contributed by atoms with E-state index >= 15 is 0 Å². The molecule has 1 atom stereocenters. The average molecular weight is 386 g/mol. The summed E-state index contributed by atoms with van der Waals surface area (Å²) in [5.41, 5.74) is 0.882. The number of hydrogen-bond acceptors (Lipinski definition) is 4. The van der Waals surface area contributed by atoms with Gasteiger partial charge in [-0.05, 0) is 48.6 Å². The zero-order valence-corrected chi connectivity index (χ0v) is 15.0. The Morgan fingerprint density at radius 3 is 2.50 bits per heavy atom. The summed E-state index contributed by atoms with van der Waals surface area (Å²) in [5, 5.41) is 9.41. The maximum Gasteiger partial charge on any atom is 0.308 e. The summed E-state index contributed by atoms with van der Waals surface area (Å²) < 4.78 is 28.2. The average Bonchev–Trinajstić information content (AvgIpc) is 3.24. The molecular formula is C16H16ClNO4S2. The molecular weight excluding hydrogens is 370 g/mol. The van der Waals surface area contributed by atoms with Gasteiger partial charge in [0.05, 0.1) is 6.42 Å². The number of carboxylic acids is 1. The predicted molar refractivity (Wildman–Crippen MR) is 92.9 cm³/mol. The van der Waals surface area contributed by atoms with Crippen LogP contribution in [0.25, 0.3) is 0 Å². The van der Waals surface area contributed by atoms with E-state index in [1.165, 1.54) is 6.07 Å². The van der Waals surface area contributed by atoms with Gasteiger partial charge in [-0.15, -0.1) is 11.3 Å². The van der Waals surface area contributed by atoms with E-state index in [9.17, 15) is 13.2 Å². The molecule has 1 aromatic heterocycles. The monoisotopic (exact) mass is 385 g/mol. The first-order chi connectivity index (χ1) is 11.3. The SMILES string of the molecule is O=C(O)Cc1ccc(S(=O)(=O)NC(c2ccc(Cl)cc2)C2CC2)s1. The van der Waals surface area contributed by atoms with Crippen molar-refractivity contribution in [2.45, 2.75) is 29.5 Å². The van der Waals surface area contributed by atoms with Crippen LogP contribution in [-0.4, -0.2) is 19.5 Å². The van der Waals surface area contributed by atoms with Gasteiger partial charge in [0.25, 0.3) is 10.0 Å². The van der Waals surface area contributed by atoms with Crippen LogP contribution >= 0.6 is 22.9 Å². The number of thiophene rings is 1. The molecule has 0 radical (unpaired) electrons. The van der Waals surface area contributed by atoms with Crippen molar-refractivity contribution in [1.82, 2.24) is 4.72 Å². The maximum absolute atomic E-state index is 12.6. The molecule has 0 saturated heterocycles. The Balaban J connectivity index is 1.82. The number of rotatable bonds is 7. The highest BCUT2D eigenvalue weighted by atomic mass is 35.5. The van der Waals surface area contributed by atoms with Gasteiger partial charge in [0.15, 0.2) is 0 Å². The predicted octanol–water partition coefficient (Wildman–Crippen LogP) is 3.46. The third kappa shape index (κ3) is 4.16. The summed E-state index contributed by atoms with van der Waals surface area (Å²) >= 11 is 6.89. The maximum atomic E-state index is 12.6. The Labute approximate surface area is 149 Å². The Bertz CT molecular complexity index is 841. The number of hydrogen-bond donors (Lipinski definition) is 2. The standard InChI is InChI=1S/C16H16ClNO4S2/c17-12-5-3-11(4-6-12)16(10-1-2-10)18-24(21,22)15-8-7-13(23-15)9-14(19)20/h3-8,10,16,18H,1-2,9H2,(H,19,20). The second-order valence-electron chi connectivity index (χ2n) is 5.78. The van der Waals surface area contributed by atoms with Crippen molar-refractivity contribution in [3.05, 3.63) is 51.9 Å². The Kier molecular flexibility index (Phi) is 4.96. The summed E-state index contributed by atoms with van der Waals surface area (Å²) in [7, 11) is -3.70. The van der Waals surface area contributed by atoms with Crippen molar-refractivity contribution in [2.24, 2.45) is 5.92 Å². The number of halogens is 1. The topological polar surface area (TPSA) is 83.5 Å². The first-order valence-corrected chi connectivity index (χ1v) is 10.1. The molecule has 2 aromatic rings. The van der Waals surface area contributed by atoms with Gasteiger partial charge < -0.3 is 5.11 Å². The Morgan fingerprint density at radius 2 is 1.92 bits per heavy atom. The van der Waals surface area contributed by atoms with E-state index in [1.807, 2.05) is 12.1 Å². The van der Waals surface area contributed by atoms with Crippen LogP contribution in [0.15, 0.2) is 40.6 Å². The van der Waals surface area contributed by atoms with E-state index in [0.717, 1.165) is 29.7 Å². The molecule has 0 bridgehead atoms. The van der Waals surface area contributed by atoms with Gasteiger partial charge in [0.1, 0.15) is 4.21 Å². The fraction of sp³-hybridized carbons (Fsp3) is 0.312. The molecule has 1 saturated carbocycles. The number of carboxylic acid groups (broad SMARTS) is 1. The first-order valence-electron chi connectivity index (χ1n) is 7.43. The minimum atomic E-state index is -3.70. The van der Waals surface area contributed by atoms with Gasteiger partial charge >= 0.3 is 5.97 Å². The van der Waals surface area contributed by atoms with Crippen LogP contribution in [0, 0.1) is 5.92 Å². The zero-order chi connectivity index (χ0) is 17.3. The molecule has 1 aromatic carbocycles. The lowest BCUT2D eigenvalue weighted by Gasteiger charge is -2.18. The van der Waals surface area contributed by atoms with E-state index in [0.29, 0.717) is 9.90 Å².